The third kappa shape index (κ3) is 5.55. The number of hydrogen-bond donors (Lipinski definition) is 0. The zero-order valence-corrected chi connectivity index (χ0v) is 33.2. The Morgan fingerprint density at radius 1 is 0.692 bits per heavy atom. The van der Waals surface area contributed by atoms with E-state index >= 15 is 0 Å². The van der Waals surface area contributed by atoms with Crippen LogP contribution in [0.5, 0.6) is 0 Å². The molecule has 2 heterocycles. The first-order chi connectivity index (χ1) is 24.9. The Kier molecular flexibility index (Phi) is 8.57. The zero-order chi connectivity index (χ0) is 36.5. The van der Waals surface area contributed by atoms with E-state index in [-0.39, 0.29) is 10.8 Å². The molecule has 0 bridgehead atoms. The molecule has 1 aliphatic carbocycles. The van der Waals surface area contributed by atoms with Gasteiger partial charge in [-0.25, -0.2) is 4.98 Å². The standard InChI is InChI=1S/C49H52N2S/c1-10-48(8)29-49(48,9)42-23-19-35(34-15-13-14-33(26-34)30(2)3)27-41(42)47-50-24-25-51(47)46-37(31(4)5)21-22-38(45(46)32(6)7)36-18-20-40-39-16-11-12-17-43(39)52-44(40)28-36/h11-28,30-32H,10,29H2,1-9H3/t48-,49?/m1/s1. The van der Waals surface area contributed by atoms with Gasteiger partial charge in [0.25, 0.3) is 0 Å². The number of thiophene rings is 1. The predicted molar refractivity (Wildman–Crippen MR) is 225 cm³/mol. The molecular weight excluding hydrogens is 649 g/mol. The molecule has 0 aliphatic heterocycles. The van der Waals surface area contributed by atoms with Crippen molar-refractivity contribution in [1.29, 1.82) is 0 Å². The fourth-order valence-electron chi connectivity index (χ4n) is 8.91. The second kappa shape index (κ2) is 12.9. The molecule has 8 rings (SSSR count). The van der Waals surface area contributed by atoms with E-state index in [4.69, 9.17) is 4.98 Å². The molecule has 5 aromatic carbocycles. The minimum atomic E-state index is 0.0927. The maximum atomic E-state index is 5.25. The molecule has 0 radical (unpaired) electrons. The Bertz CT molecular complexity index is 2460. The van der Waals surface area contributed by atoms with Gasteiger partial charge in [-0.15, -0.1) is 11.3 Å². The number of imidazole rings is 1. The van der Waals surface area contributed by atoms with Gasteiger partial charge < -0.3 is 0 Å². The lowest BCUT2D eigenvalue weighted by Crippen LogP contribution is -2.15. The van der Waals surface area contributed by atoms with Gasteiger partial charge in [0.15, 0.2) is 0 Å². The Morgan fingerprint density at radius 2 is 1.44 bits per heavy atom. The van der Waals surface area contributed by atoms with Crippen LogP contribution in [0, 0.1) is 5.41 Å². The van der Waals surface area contributed by atoms with Gasteiger partial charge in [0.2, 0.25) is 0 Å². The Morgan fingerprint density at radius 3 is 2.17 bits per heavy atom. The van der Waals surface area contributed by atoms with Gasteiger partial charge in [0, 0.05) is 38.1 Å². The average molecular weight is 701 g/mol. The van der Waals surface area contributed by atoms with Crippen molar-refractivity contribution in [2.24, 2.45) is 5.41 Å². The van der Waals surface area contributed by atoms with E-state index in [0.717, 1.165) is 12.2 Å². The summed E-state index contributed by atoms with van der Waals surface area (Å²) in [6, 6.07) is 36.9. The van der Waals surface area contributed by atoms with E-state index in [2.05, 4.69) is 170 Å². The van der Waals surface area contributed by atoms with E-state index in [9.17, 15) is 0 Å². The van der Waals surface area contributed by atoms with Crippen molar-refractivity contribution in [3.63, 3.8) is 0 Å². The number of rotatable bonds is 9. The van der Waals surface area contributed by atoms with Crippen LogP contribution in [0.2, 0.25) is 0 Å². The molecular formula is C49H52N2S. The summed E-state index contributed by atoms with van der Waals surface area (Å²) in [5, 5.41) is 2.68. The van der Waals surface area contributed by atoms with Crippen molar-refractivity contribution in [2.45, 2.75) is 98.3 Å². The number of fused-ring (bicyclic) bond motifs is 3. The molecule has 0 saturated heterocycles. The minimum Gasteiger partial charge on any atom is -0.299 e. The highest BCUT2D eigenvalue weighted by Gasteiger charge is 2.61. The quantitative estimate of drug-likeness (QED) is 0.147. The molecule has 2 atom stereocenters. The summed E-state index contributed by atoms with van der Waals surface area (Å²) in [4.78, 5) is 5.25. The van der Waals surface area contributed by atoms with Crippen LogP contribution in [0.15, 0.2) is 109 Å². The molecule has 2 aromatic heterocycles. The largest absolute Gasteiger partial charge is 0.299 e. The van der Waals surface area contributed by atoms with Gasteiger partial charge in [-0.3, -0.25) is 4.57 Å². The van der Waals surface area contributed by atoms with E-state index in [1.165, 1.54) is 82.4 Å². The molecule has 0 amide bonds. The van der Waals surface area contributed by atoms with Crippen molar-refractivity contribution in [1.82, 2.24) is 9.55 Å². The normalized spacial score (nSPS) is 18.8. The van der Waals surface area contributed by atoms with E-state index in [1.807, 2.05) is 17.5 Å². The first-order valence-electron chi connectivity index (χ1n) is 19.3. The highest BCUT2D eigenvalue weighted by atomic mass is 32.1. The second-order valence-electron chi connectivity index (χ2n) is 16.7. The van der Waals surface area contributed by atoms with Crippen LogP contribution in [0.4, 0.5) is 0 Å². The highest BCUT2D eigenvalue weighted by Crippen LogP contribution is 2.67. The average Bonchev–Trinajstić information content (AvgIpc) is 3.46. The fourth-order valence-corrected chi connectivity index (χ4v) is 10.1. The van der Waals surface area contributed by atoms with Gasteiger partial charge in [-0.1, -0.05) is 141 Å². The van der Waals surface area contributed by atoms with Crippen molar-refractivity contribution in [3.05, 3.63) is 132 Å². The Labute approximate surface area is 314 Å². The molecule has 1 unspecified atom stereocenters. The molecule has 0 N–H and O–H groups in total. The number of nitrogens with zero attached hydrogens (tertiary/aromatic N) is 2. The molecule has 264 valence electrons. The molecule has 1 saturated carbocycles. The summed E-state index contributed by atoms with van der Waals surface area (Å²) in [6.45, 7) is 21.2. The number of aromatic nitrogens is 2. The lowest BCUT2D eigenvalue weighted by molar-refractivity contribution is 0.461. The summed E-state index contributed by atoms with van der Waals surface area (Å²) in [5.41, 5.74) is 13.5. The molecule has 2 nitrogen and oxygen atoms in total. The maximum absolute atomic E-state index is 5.25. The topological polar surface area (TPSA) is 17.8 Å². The highest BCUT2D eigenvalue weighted by molar-refractivity contribution is 7.25. The number of hydrogen-bond acceptors (Lipinski definition) is 2. The van der Waals surface area contributed by atoms with Crippen LogP contribution in [0.25, 0.3) is 59.5 Å². The molecule has 7 aromatic rings. The fraction of sp³-hybridized carbons (Fsp3) is 0.327. The summed E-state index contributed by atoms with van der Waals surface area (Å²) in [5.74, 6) is 2.15. The van der Waals surface area contributed by atoms with Crippen LogP contribution in [-0.4, -0.2) is 9.55 Å². The van der Waals surface area contributed by atoms with Gasteiger partial charge in [0.05, 0.1) is 5.69 Å². The monoisotopic (exact) mass is 700 g/mol. The van der Waals surface area contributed by atoms with E-state index < -0.39 is 0 Å². The lowest BCUT2D eigenvalue weighted by atomic mass is 9.82. The van der Waals surface area contributed by atoms with Crippen LogP contribution < -0.4 is 0 Å². The predicted octanol–water partition coefficient (Wildman–Crippen LogP) is 14.7. The van der Waals surface area contributed by atoms with Gasteiger partial charge >= 0.3 is 0 Å². The van der Waals surface area contributed by atoms with Crippen molar-refractivity contribution in [2.75, 3.05) is 0 Å². The summed E-state index contributed by atoms with van der Waals surface area (Å²) in [7, 11) is 0. The molecule has 52 heavy (non-hydrogen) atoms. The van der Waals surface area contributed by atoms with Crippen molar-refractivity contribution in [3.8, 4) is 39.3 Å². The molecule has 3 heteroatoms. The van der Waals surface area contributed by atoms with Crippen molar-refractivity contribution >= 4 is 31.5 Å². The van der Waals surface area contributed by atoms with Gasteiger partial charge in [-0.05, 0) is 104 Å². The van der Waals surface area contributed by atoms with Crippen LogP contribution >= 0.6 is 11.3 Å². The molecule has 0 spiro atoms. The lowest BCUT2D eigenvalue weighted by Gasteiger charge is -2.27. The zero-order valence-electron chi connectivity index (χ0n) is 32.3. The SMILES string of the molecule is CC[C@]1(C)CC1(C)c1ccc(-c2cccc(C(C)C)c2)cc1-c1nccn1-c1c(C(C)C)ccc(-c2ccc3c(c2)sc2ccccc23)c1C(C)C. The van der Waals surface area contributed by atoms with Gasteiger partial charge in [-0.2, -0.15) is 0 Å². The van der Waals surface area contributed by atoms with Crippen LogP contribution in [-0.2, 0) is 5.41 Å². The first kappa shape index (κ1) is 34.6. The minimum absolute atomic E-state index is 0.0927. The second-order valence-corrected chi connectivity index (χ2v) is 17.8. The smallest absolute Gasteiger partial charge is 0.144 e. The summed E-state index contributed by atoms with van der Waals surface area (Å²) < 4.78 is 5.12. The van der Waals surface area contributed by atoms with Crippen molar-refractivity contribution < 1.29 is 0 Å². The third-order valence-electron chi connectivity index (χ3n) is 12.5. The number of benzene rings is 5. The van der Waals surface area contributed by atoms with E-state index in [1.54, 1.807) is 0 Å². The molecule has 1 aliphatic rings. The summed E-state index contributed by atoms with van der Waals surface area (Å²) in [6.07, 6.45) is 6.59. The van der Waals surface area contributed by atoms with E-state index in [0.29, 0.717) is 17.8 Å². The first-order valence-corrected chi connectivity index (χ1v) is 20.1. The Hall–Kier alpha value is -4.47. The third-order valence-corrected chi connectivity index (χ3v) is 13.6. The van der Waals surface area contributed by atoms with Gasteiger partial charge in [0.1, 0.15) is 5.82 Å². The summed E-state index contributed by atoms with van der Waals surface area (Å²) >= 11 is 1.89. The van der Waals surface area contributed by atoms with Crippen LogP contribution in [0.3, 0.4) is 0 Å². The Balaban J connectivity index is 1.36. The molecule has 1 fully saturated rings. The van der Waals surface area contributed by atoms with Crippen LogP contribution in [0.1, 0.15) is 115 Å². The maximum Gasteiger partial charge on any atom is 0.144 e.